The Labute approximate surface area is 520 Å². The Kier molecular flexibility index (Phi) is 12.1. The van der Waals surface area contributed by atoms with Crippen LogP contribution < -0.4 is 20.9 Å². The molecule has 0 aliphatic heterocycles. The number of rotatable bonds is 6. The van der Waals surface area contributed by atoms with Crippen LogP contribution in [0.3, 0.4) is 0 Å². The number of benzene rings is 12. The van der Waals surface area contributed by atoms with E-state index in [2.05, 4.69) is 234 Å². The molecule has 2 aromatic heterocycles. The highest BCUT2D eigenvalue weighted by Crippen LogP contribution is 2.46. The molecule has 0 N–H and O–H groups in total. The van der Waals surface area contributed by atoms with Gasteiger partial charge in [0, 0.05) is 44.2 Å². The van der Waals surface area contributed by atoms with E-state index >= 15 is 0 Å². The topological polar surface area (TPSA) is 77.3 Å². The maximum Gasteiger partial charge on any atom is 0.164 e. The number of fused-ring (bicyclic) bond motifs is 16. The van der Waals surface area contributed by atoms with E-state index < -0.39 is 0 Å². The molecule has 0 fully saturated rings. The van der Waals surface area contributed by atoms with Crippen molar-refractivity contribution >= 4 is 99.1 Å². The zero-order valence-electron chi connectivity index (χ0n) is 50.2. The van der Waals surface area contributed by atoms with Gasteiger partial charge in [0.25, 0.3) is 0 Å². The van der Waals surface area contributed by atoms with E-state index in [0.29, 0.717) is 34.9 Å². The van der Waals surface area contributed by atoms with E-state index in [1.54, 1.807) is 0 Å². The zero-order valence-corrected chi connectivity index (χ0v) is 50.2. The number of nitrogens with zero attached hydrogens (tertiary/aromatic N) is 6. The number of allylic oxidation sites excluding steroid dienone is 8. The maximum absolute atomic E-state index is 5.04. The minimum Gasteiger partial charge on any atom is -0.208 e. The van der Waals surface area contributed by atoms with Crippen LogP contribution in [0.2, 0.25) is 0 Å². The van der Waals surface area contributed by atoms with E-state index in [9.17, 15) is 0 Å². The van der Waals surface area contributed by atoms with Crippen molar-refractivity contribution in [1.29, 1.82) is 0 Å². The van der Waals surface area contributed by atoms with Crippen LogP contribution in [0.4, 0.5) is 0 Å². The second-order valence-electron chi connectivity index (χ2n) is 25.1. The fourth-order valence-corrected chi connectivity index (χ4v) is 14.5. The predicted octanol–water partition coefficient (Wildman–Crippen LogP) is 17.3. The van der Waals surface area contributed by atoms with E-state index in [-0.39, 0.29) is 10.8 Å². The zero-order chi connectivity index (χ0) is 60.2. The van der Waals surface area contributed by atoms with Crippen molar-refractivity contribution in [2.75, 3.05) is 0 Å². The summed E-state index contributed by atoms with van der Waals surface area (Å²) in [6, 6.07) is 85.4. The lowest BCUT2D eigenvalue weighted by Crippen LogP contribution is -2.28. The van der Waals surface area contributed by atoms with Crippen molar-refractivity contribution < 1.29 is 0 Å². The summed E-state index contributed by atoms with van der Waals surface area (Å²) in [5.41, 5.74) is 10.6. The highest BCUT2D eigenvalue weighted by atomic mass is 15.0. The number of hydrogen-bond donors (Lipinski definition) is 0. The third kappa shape index (κ3) is 8.85. The first kappa shape index (κ1) is 52.9. The molecule has 14 aromatic rings. The van der Waals surface area contributed by atoms with Crippen molar-refractivity contribution in [3.63, 3.8) is 0 Å². The van der Waals surface area contributed by atoms with E-state index in [1.165, 1.54) is 108 Å². The van der Waals surface area contributed by atoms with Gasteiger partial charge >= 0.3 is 0 Å². The van der Waals surface area contributed by atoms with Gasteiger partial charge in [-0.2, -0.15) is 0 Å². The molecule has 2 heterocycles. The first-order chi connectivity index (χ1) is 44.1. The van der Waals surface area contributed by atoms with Gasteiger partial charge in [0.05, 0.1) is 0 Å². The van der Waals surface area contributed by atoms with Crippen molar-refractivity contribution in [3.05, 3.63) is 311 Å². The van der Waals surface area contributed by atoms with Crippen LogP contribution in [-0.2, 0) is 0 Å². The Morgan fingerprint density at radius 1 is 0.222 bits per heavy atom. The van der Waals surface area contributed by atoms with E-state index in [0.717, 1.165) is 33.4 Å². The SMILES string of the molecule is CC1(C)C=C(c2nc(-c3ccccc3)nc(-c3ccccc3)n2)C=C2C=c3cc4c5ccccc5c5ccccc5c4cc3=C21.CC1(C)C=C(c2nc(-c3ccccc3)nc(-c3ccccc3)n2)C=C2C=c3cc4c5ccccc5c5ccccc5c4cc3=C21. The summed E-state index contributed by atoms with van der Waals surface area (Å²) < 4.78 is 0. The summed E-state index contributed by atoms with van der Waals surface area (Å²) in [7, 11) is 0. The van der Waals surface area contributed by atoms with Crippen LogP contribution in [0, 0.1) is 10.8 Å². The van der Waals surface area contributed by atoms with Gasteiger partial charge in [-0.15, -0.1) is 0 Å². The summed E-state index contributed by atoms with van der Waals surface area (Å²) in [6.45, 7) is 9.22. The summed E-state index contributed by atoms with van der Waals surface area (Å²) in [5.74, 6) is 4.08. The third-order valence-corrected chi connectivity index (χ3v) is 18.4. The molecule has 0 radical (unpaired) electrons. The van der Waals surface area contributed by atoms with Crippen molar-refractivity contribution in [1.82, 2.24) is 29.9 Å². The molecule has 90 heavy (non-hydrogen) atoms. The normalized spacial score (nSPS) is 15.0. The number of hydrogen-bond acceptors (Lipinski definition) is 6. The van der Waals surface area contributed by atoms with Gasteiger partial charge in [0.2, 0.25) is 0 Å². The lowest BCUT2D eigenvalue weighted by molar-refractivity contribution is 0.646. The van der Waals surface area contributed by atoms with Crippen molar-refractivity contribution in [3.8, 4) is 45.6 Å². The Morgan fingerprint density at radius 2 is 0.456 bits per heavy atom. The summed E-state index contributed by atoms with van der Waals surface area (Å²) in [5, 5.41) is 20.7. The fraction of sp³-hybridized carbons (Fsp3) is 0.0714. The van der Waals surface area contributed by atoms with E-state index in [1.807, 2.05) is 72.8 Å². The molecule has 0 saturated carbocycles. The minimum absolute atomic E-state index is 0.242. The Balaban J connectivity index is 0.000000139. The second-order valence-corrected chi connectivity index (χ2v) is 25.1. The highest BCUT2D eigenvalue weighted by molar-refractivity contribution is 6.27. The monoisotopic (exact) mass is 1150 g/mol. The Hall–Kier alpha value is -11.3. The molecule has 4 aliphatic carbocycles. The lowest BCUT2D eigenvalue weighted by Gasteiger charge is -2.29. The number of aromatic nitrogens is 6. The molecule has 0 spiro atoms. The van der Waals surface area contributed by atoms with Crippen LogP contribution in [0.25, 0.3) is 145 Å². The van der Waals surface area contributed by atoms with Gasteiger partial charge in [0.15, 0.2) is 34.9 Å². The molecular weight excluding hydrogens is 1090 g/mol. The smallest absolute Gasteiger partial charge is 0.164 e. The third-order valence-electron chi connectivity index (χ3n) is 18.4. The molecule has 0 amide bonds. The first-order valence-corrected chi connectivity index (χ1v) is 30.9. The summed E-state index contributed by atoms with van der Waals surface area (Å²) >= 11 is 0. The highest BCUT2D eigenvalue weighted by Gasteiger charge is 2.34. The van der Waals surface area contributed by atoms with Crippen molar-refractivity contribution in [2.24, 2.45) is 10.8 Å². The van der Waals surface area contributed by atoms with Crippen LogP contribution in [0.1, 0.15) is 39.3 Å². The molecule has 6 nitrogen and oxygen atoms in total. The molecule has 424 valence electrons. The van der Waals surface area contributed by atoms with Crippen LogP contribution in [-0.4, -0.2) is 29.9 Å². The van der Waals surface area contributed by atoms with Gasteiger partial charge < -0.3 is 0 Å². The molecule has 6 heteroatoms. The molecule has 0 unspecified atom stereocenters. The predicted molar refractivity (Wildman–Crippen MR) is 373 cm³/mol. The van der Waals surface area contributed by atoms with Crippen LogP contribution >= 0.6 is 0 Å². The Bertz CT molecular complexity index is 5330. The summed E-state index contributed by atoms with van der Waals surface area (Å²) in [4.78, 5) is 29.9. The first-order valence-electron chi connectivity index (χ1n) is 30.9. The minimum atomic E-state index is -0.242. The Morgan fingerprint density at radius 3 is 0.733 bits per heavy atom. The molecular formula is C84H58N6. The maximum atomic E-state index is 5.04. The molecule has 0 atom stereocenters. The largest absolute Gasteiger partial charge is 0.208 e. The average Bonchev–Trinajstić information content (AvgIpc) is 1.57. The fourth-order valence-electron chi connectivity index (χ4n) is 14.5. The van der Waals surface area contributed by atoms with Gasteiger partial charge in [-0.1, -0.05) is 258 Å². The van der Waals surface area contributed by atoms with Gasteiger partial charge in [-0.25, -0.2) is 29.9 Å². The van der Waals surface area contributed by atoms with Crippen LogP contribution in [0.15, 0.2) is 278 Å². The van der Waals surface area contributed by atoms with Crippen molar-refractivity contribution in [2.45, 2.75) is 27.7 Å². The molecule has 18 rings (SSSR count). The summed E-state index contributed by atoms with van der Waals surface area (Å²) in [6.07, 6.45) is 13.9. The average molecular weight is 1150 g/mol. The van der Waals surface area contributed by atoms with Crippen LogP contribution in [0.5, 0.6) is 0 Å². The van der Waals surface area contributed by atoms with Gasteiger partial charge in [-0.3, -0.25) is 0 Å². The molecule has 4 aliphatic rings. The molecule has 12 aromatic carbocycles. The van der Waals surface area contributed by atoms with Gasteiger partial charge in [-0.05, 0) is 156 Å². The lowest BCUT2D eigenvalue weighted by atomic mass is 9.75. The molecule has 0 saturated heterocycles. The van der Waals surface area contributed by atoms with E-state index in [4.69, 9.17) is 29.9 Å². The van der Waals surface area contributed by atoms with Gasteiger partial charge in [0.1, 0.15) is 0 Å². The quantitative estimate of drug-likeness (QED) is 0.154. The standard InChI is InChI=1S/2C42H29N3/c2*1-42(2)25-30(41-44-39(26-13-5-3-6-14-26)43-40(45-41)27-15-7-4-8-16-27)22-29-21-28-23-36-33-19-11-9-17-31(33)32-18-10-12-20-34(32)37(36)24-35(28)38(29)42/h2*3-25H,1-2H3. The second kappa shape index (κ2) is 20.7. The molecule has 0 bridgehead atoms.